The minimum Gasteiger partial charge on any atom is -0.253 e. The molecule has 0 unspecified atom stereocenters. The van der Waals surface area contributed by atoms with E-state index in [2.05, 4.69) is 4.98 Å². The molecule has 0 fully saturated rings. The molecule has 76 valence electrons. The van der Waals surface area contributed by atoms with Crippen LogP contribution in [0.15, 0.2) is 36.5 Å². The fraction of sp³-hybridized carbons (Fsp3) is 0. The molecule has 2 aromatic rings. The van der Waals surface area contributed by atoms with Gasteiger partial charge in [0.2, 0.25) is 0 Å². The van der Waals surface area contributed by atoms with Crippen molar-refractivity contribution < 1.29 is 4.39 Å². The Morgan fingerprint density at radius 2 is 1.87 bits per heavy atom. The molecule has 1 heterocycles. The predicted molar refractivity (Wildman–Crippen MR) is 59.7 cm³/mol. The maximum Gasteiger partial charge on any atom is 0.149 e. The average Bonchev–Trinajstić information content (AvgIpc) is 2.23. The van der Waals surface area contributed by atoms with Gasteiger partial charge >= 0.3 is 0 Å². The topological polar surface area (TPSA) is 12.9 Å². The van der Waals surface area contributed by atoms with Crippen molar-refractivity contribution >= 4 is 23.2 Å². The monoisotopic (exact) mass is 241 g/mol. The molecule has 0 spiro atoms. The van der Waals surface area contributed by atoms with Crippen LogP contribution in [0.5, 0.6) is 0 Å². The second kappa shape index (κ2) is 4.17. The molecule has 0 amide bonds. The van der Waals surface area contributed by atoms with Gasteiger partial charge in [0.15, 0.2) is 0 Å². The molecule has 0 aliphatic carbocycles. The van der Waals surface area contributed by atoms with Crippen LogP contribution in [0.4, 0.5) is 4.39 Å². The Morgan fingerprint density at radius 1 is 1.07 bits per heavy atom. The van der Waals surface area contributed by atoms with Gasteiger partial charge in [-0.3, -0.25) is 4.98 Å². The summed E-state index contributed by atoms with van der Waals surface area (Å²) in [5.41, 5.74) is 0.715. The van der Waals surface area contributed by atoms with Crippen LogP contribution in [-0.4, -0.2) is 4.98 Å². The van der Waals surface area contributed by atoms with E-state index in [-0.39, 0.29) is 5.69 Å². The maximum atomic E-state index is 13.4. The van der Waals surface area contributed by atoms with Crippen LogP contribution in [0.3, 0.4) is 0 Å². The molecule has 0 radical (unpaired) electrons. The third-order valence-electron chi connectivity index (χ3n) is 1.97. The van der Waals surface area contributed by atoms with Gasteiger partial charge in [-0.1, -0.05) is 35.3 Å². The summed E-state index contributed by atoms with van der Waals surface area (Å²) in [6.45, 7) is 0. The van der Waals surface area contributed by atoms with E-state index in [0.29, 0.717) is 15.6 Å². The lowest BCUT2D eigenvalue weighted by Gasteiger charge is -2.05. The molecule has 0 atom stereocenters. The van der Waals surface area contributed by atoms with Crippen LogP contribution in [0.25, 0.3) is 11.3 Å². The second-order valence-electron chi connectivity index (χ2n) is 2.94. The minimum absolute atomic E-state index is 0.213. The SMILES string of the molecule is Fc1cccnc1-c1cccc(Cl)c1Cl. The minimum atomic E-state index is -0.415. The van der Waals surface area contributed by atoms with Crippen molar-refractivity contribution in [1.82, 2.24) is 4.98 Å². The van der Waals surface area contributed by atoms with E-state index in [1.807, 2.05) is 0 Å². The van der Waals surface area contributed by atoms with Gasteiger partial charge in [-0.15, -0.1) is 0 Å². The second-order valence-corrected chi connectivity index (χ2v) is 3.72. The van der Waals surface area contributed by atoms with E-state index < -0.39 is 5.82 Å². The molecule has 15 heavy (non-hydrogen) atoms. The Morgan fingerprint density at radius 3 is 2.60 bits per heavy atom. The Balaban J connectivity index is 2.65. The van der Waals surface area contributed by atoms with Crippen LogP contribution in [0.2, 0.25) is 10.0 Å². The van der Waals surface area contributed by atoms with Crippen molar-refractivity contribution in [3.8, 4) is 11.3 Å². The van der Waals surface area contributed by atoms with Gasteiger partial charge in [0, 0.05) is 11.8 Å². The lowest BCUT2D eigenvalue weighted by atomic mass is 10.1. The lowest BCUT2D eigenvalue weighted by molar-refractivity contribution is 0.626. The molecule has 1 nitrogen and oxygen atoms in total. The van der Waals surface area contributed by atoms with Gasteiger partial charge in [0.1, 0.15) is 11.5 Å². The standard InChI is InChI=1S/C11H6Cl2FN/c12-8-4-1-3-7(10(8)13)11-9(14)5-2-6-15-11/h1-6H. The van der Waals surface area contributed by atoms with E-state index in [1.54, 1.807) is 18.2 Å². The Kier molecular flexibility index (Phi) is 2.89. The molecule has 0 N–H and O–H groups in total. The van der Waals surface area contributed by atoms with E-state index in [4.69, 9.17) is 23.2 Å². The first-order valence-electron chi connectivity index (χ1n) is 4.25. The van der Waals surface area contributed by atoms with E-state index in [0.717, 1.165) is 0 Å². The zero-order chi connectivity index (χ0) is 10.8. The van der Waals surface area contributed by atoms with Crippen molar-refractivity contribution in [2.45, 2.75) is 0 Å². The number of halogens is 3. The molecule has 4 heteroatoms. The van der Waals surface area contributed by atoms with Crippen LogP contribution in [0, 0.1) is 5.82 Å². The highest BCUT2D eigenvalue weighted by molar-refractivity contribution is 6.43. The zero-order valence-electron chi connectivity index (χ0n) is 7.55. The van der Waals surface area contributed by atoms with Crippen LogP contribution in [-0.2, 0) is 0 Å². The Labute approximate surface area is 96.5 Å². The molecule has 0 saturated heterocycles. The third kappa shape index (κ3) is 1.96. The van der Waals surface area contributed by atoms with E-state index in [1.165, 1.54) is 18.3 Å². The number of nitrogens with zero attached hydrogens (tertiary/aromatic N) is 1. The highest BCUT2D eigenvalue weighted by Gasteiger charge is 2.11. The van der Waals surface area contributed by atoms with Crippen LogP contribution in [0.1, 0.15) is 0 Å². The summed E-state index contributed by atoms with van der Waals surface area (Å²) in [7, 11) is 0. The normalized spacial score (nSPS) is 10.3. The van der Waals surface area contributed by atoms with E-state index in [9.17, 15) is 4.39 Å². The fourth-order valence-corrected chi connectivity index (χ4v) is 1.66. The number of pyridine rings is 1. The Hall–Kier alpha value is -1.12. The summed E-state index contributed by atoms with van der Waals surface area (Å²) in [6.07, 6.45) is 1.51. The van der Waals surface area contributed by atoms with Gasteiger partial charge in [0.25, 0.3) is 0 Å². The van der Waals surface area contributed by atoms with Gasteiger partial charge in [-0.25, -0.2) is 4.39 Å². The summed E-state index contributed by atoms with van der Waals surface area (Å²) in [5, 5.41) is 0.705. The molecule has 0 aliphatic rings. The van der Waals surface area contributed by atoms with Gasteiger partial charge in [-0.05, 0) is 18.2 Å². The van der Waals surface area contributed by atoms with Gasteiger partial charge in [0.05, 0.1) is 10.0 Å². The van der Waals surface area contributed by atoms with Gasteiger partial charge in [-0.2, -0.15) is 0 Å². The summed E-state index contributed by atoms with van der Waals surface area (Å²) >= 11 is 11.8. The van der Waals surface area contributed by atoms with Crippen molar-refractivity contribution in [3.63, 3.8) is 0 Å². The highest BCUT2D eigenvalue weighted by atomic mass is 35.5. The molecule has 2 rings (SSSR count). The highest BCUT2D eigenvalue weighted by Crippen LogP contribution is 2.33. The van der Waals surface area contributed by atoms with Crippen molar-refractivity contribution in [1.29, 1.82) is 0 Å². The smallest absolute Gasteiger partial charge is 0.149 e. The number of aromatic nitrogens is 1. The molecule has 1 aromatic carbocycles. The largest absolute Gasteiger partial charge is 0.253 e. The summed E-state index contributed by atoms with van der Waals surface area (Å²) in [5.74, 6) is -0.415. The number of benzene rings is 1. The number of hydrogen-bond donors (Lipinski definition) is 0. The first kappa shape index (κ1) is 10.4. The zero-order valence-corrected chi connectivity index (χ0v) is 9.06. The Bertz CT molecular complexity index is 500. The fourth-order valence-electron chi connectivity index (χ4n) is 1.27. The molecule has 0 bridgehead atoms. The maximum absolute atomic E-state index is 13.4. The quantitative estimate of drug-likeness (QED) is 0.730. The third-order valence-corrected chi connectivity index (χ3v) is 2.78. The number of hydrogen-bond acceptors (Lipinski definition) is 1. The van der Waals surface area contributed by atoms with Crippen LogP contribution >= 0.6 is 23.2 Å². The number of rotatable bonds is 1. The van der Waals surface area contributed by atoms with Crippen molar-refractivity contribution in [2.24, 2.45) is 0 Å². The van der Waals surface area contributed by atoms with Gasteiger partial charge < -0.3 is 0 Å². The van der Waals surface area contributed by atoms with Crippen molar-refractivity contribution in [2.75, 3.05) is 0 Å². The predicted octanol–water partition coefficient (Wildman–Crippen LogP) is 4.19. The summed E-state index contributed by atoms with van der Waals surface area (Å²) in [6, 6.07) is 7.89. The van der Waals surface area contributed by atoms with Crippen LogP contribution < -0.4 is 0 Å². The molecule has 0 aliphatic heterocycles. The summed E-state index contributed by atoms with van der Waals surface area (Å²) in [4.78, 5) is 3.93. The van der Waals surface area contributed by atoms with E-state index >= 15 is 0 Å². The lowest BCUT2D eigenvalue weighted by Crippen LogP contribution is -1.89. The molecular weight excluding hydrogens is 236 g/mol. The summed E-state index contributed by atoms with van der Waals surface area (Å²) < 4.78 is 13.4. The molecular formula is C11H6Cl2FN. The van der Waals surface area contributed by atoms with Crippen molar-refractivity contribution in [3.05, 3.63) is 52.4 Å². The first-order chi connectivity index (χ1) is 7.20. The molecule has 1 aromatic heterocycles. The molecule has 0 saturated carbocycles. The first-order valence-corrected chi connectivity index (χ1v) is 5.00. The average molecular weight is 242 g/mol.